The summed E-state index contributed by atoms with van der Waals surface area (Å²) in [7, 11) is 0. The third kappa shape index (κ3) is 3.14. The lowest BCUT2D eigenvalue weighted by molar-refractivity contribution is -0.0934. The van der Waals surface area contributed by atoms with Crippen LogP contribution < -0.4 is 0 Å². The van der Waals surface area contributed by atoms with E-state index in [4.69, 9.17) is 9.47 Å². The first-order chi connectivity index (χ1) is 8.37. The summed E-state index contributed by atoms with van der Waals surface area (Å²) in [6, 6.07) is 0.918. The van der Waals surface area contributed by atoms with Crippen molar-refractivity contribution in [2.75, 3.05) is 32.8 Å². The molecule has 0 spiro atoms. The summed E-state index contributed by atoms with van der Waals surface area (Å²) in [5.74, 6) is 0. The summed E-state index contributed by atoms with van der Waals surface area (Å²) in [6.07, 6.45) is -0.196. The summed E-state index contributed by atoms with van der Waals surface area (Å²) >= 11 is 0. The molecule has 0 aromatic rings. The topological polar surface area (TPSA) is 42.0 Å². The largest absolute Gasteiger partial charge is 0.444 e. The van der Waals surface area contributed by atoms with Crippen LogP contribution in [0.25, 0.3) is 0 Å². The molecule has 2 aliphatic rings. The third-order valence-electron chi connectivity index (χ3n) is 3.42. The van der Waals surface area contributed by atoms with Gasteiger partial charge in [0.2, 0.25) is 0 Å². The molecule has 2 rings (SSSR count). The lowest BCUT2D eigenvalue weighted by Gasteiger charge is -2.46. The second-order valence-corrected chi connectivity index (χ2v) is 6.20. The molecule has 0 aromatic heterocycles. The van der Waals surface area contributed by atoms with Crippen molar-refractivity contribution >= 4 is 6.09 Å². The van der Waals surface area contributed by atoms with Crippen molar-refractivity contribution < 1.29 is 14.3 Å². The molecule has 18 heavy (non-hydrogen) atoms. The van der Waals surface area contributed by atoms with Gasteiger partial charge in [-0.15, -0.1) is 0 Å². The lowest BCUT2D eigenvalue weighted by Crippen LogP contribution is -2.61. The van der Waals surface area contributed by atoms with Crippen LogP contribution in [0.15, 0.2) is 0 Å². The van der Waals surface area contributed by atoms with Gasteiger partial charge in [0.1, 0.15) is 5.60 Å². The third-order valence-corrected chi connectivity index (χ3v) is 3.42. The van der Waals surface area contributed by atoms with Crippen LogP contribution in [0.4, 0.5) is 4.79 Å². The molecular formula is C13H24N2O3. The van der Waals surface area contributed by atoms with Crippen molar-refractivity contribution in [3.05, 3.63) is 0 Å². The number of rotatable bonds is 1. The van der Waals surface area contributed by atoms with Gasteiger partial charge in [-0.3, -0.25) is 4.90 Å². The van der Waals surface area contributed by atoms with Crippen molar-refractivity contribution in [3.63, 3.8) is 0 Å². The van der Waals surface area contributed by atoms with E-state index in [9.17, 15) is 4.79 Å². The zero-order chi connectivity index (χ0) is 13.3. The Morgan fingerprint density at radius 2 is 1.94 bits per heavy atom. The maximum absolute atomic E-state index is 12.0. The zero-order valence-electron chi connectivity index (χ0n) is 11.8. The Morgan fingerprint density at radius 1 is 1.28 bits per heavy atom. The molecule has 1 unspecified atom stereocenters. The molecular weight excluding hydrogens is 232 g/mol. The van der Waals surface area contributed by atoms with Crippen LogP contribution in [0.2, 0.25) is 0 Å². The average Bonchev–Trinajstić information content (AvgIpc) is 2.15. The summed E-state index contributed by atoms with van der Waals surface area (Å²) in [6.45, 7) is 11.9. The fourth-order valence-corrected chi connectivity index (χ4v) is 2.42. The minimum absolute atomic E-state index is 0.196. The number of carbonyl (C=O) groups is 1. The Labute approximate surface area is 109 Å². The van der Waals surface area contributed by atoms with Gasteiger partial charge < -0.3 is 14.4 Å². The average molecular weight is 256 g/mol. The minimum Gasteiger partial charge on any atom is -0.444 e. The van der Waals surface area contributed by atoms with E-state index in [0.717, 1.165) is 32.8 Å². The van der Waals surface area contributed by atoms with E-state index in [2.05, 4.69) is 11.8 Å². The van der Waals surface area contributed by atoms with E-state index in [1.165, 1.54) is 0 Å². The molecule has 0 aliphatic carbocycles. The zero-order valence-corrected chi connectivity index (χ0v) is 11.8. The molecule has 0 radical (unpaired) electrons. The maximum Gasteiger partial charge on any atom is 0.410 e. The van der Waals surface area contributed by atoms with E-state index in [0.29, 0.717) is 12.1 Å². The minimum atomic E-state index is -0.417. The molecule has 2 aliphatic heterocycles. The number of carbonyl (C=O) groups excluding carboxylic acids is 1. The van der Waals surface area contributed by atoms with E-state index >= 15 is 0 Å². The smallest absolute Gasteiger partial charge is 0.410 e. The van der Waals surface area contributed by atoms with Crippen molar-refractivity contribution in [1.82, 2.24) is 9.80 Å². The van der Waals surface area contributed by atoms with Gasteiger partial charge in [0.25, 0.3) is 0 Å². The second-order valence-electron chi connectivity index (χ2n) is 6.20. The maximum atomic E-state index is 12.0. The van der Waals surface area contributed by atoms with Gasteiger partial charge in [0.15, 0.2) is 0 Å². The van der Waals surface area contributed by atoms with Gasteiger partial charge in [0.05, 0.1) is 19.3 Å². The molecule has 0 aromatic carbocycles. The quantitative estimate of drug-likeness (QED) is 0.710. The molecule has 1 amide bonds. The molecule has 5 nitrogen and oxygen atoms in total. The Balaban J connectivity index is 1.85. The Hall–Kier alpha value is -0.810. The van der Waals surface area contributed by atoms with E-state index in [-0.39, 0.29) is 6.09 Å². The summed E-state index contributed by atoms with van der Waals surface area (Å²) in [4.78, 5) is 16.2. The molecule has 2 heterocycles. The molecule has 0 N–H and O–H groups in total. The summed E-state index contributed by atoms with van der Waals surface area (Å²) < 4.78 is 10.6. The predicted molar refractivity (Wildman–Crippen MR) is 68.6 cm³/mol. The highest BCUT2D eigenvalue weighted by atomic mass is 16.6. The van der Waals surface area contributed by atoms with E-state index in [1.54, 1.807) is 0 Å². The van der Waals surface area contributed by atoms with Crippen LogP contribution in [0.3, 0.4) is 0 Å². The first-order valence-electron chi connectivity index (χ1n) is 6.68. The fourth-order valence-electron chi connectivity index (χ4n) is 2.42. The van der Waals surface area contributed by atoms with Gasteiger partial charge in [-0.05, 0) is 27.7 Å². The second kappa shape index (κ2) is 5.05. The van der Waals surface area contributed by atoms with Gasteiger partial charge >= 0.3 is 6.09 Å². The van der Waals surface area contributed by atoms with Crippen LogP contribution in [-0.4, -0.2) is 66.4 Å². The van der Waals surface area contributed by atoms with Gasteiger partial charge in [0, 0.05) is 25.7 Å². The number of hydrogen-bond acceptors (Lipinski definition) is 4. The Kier molecular flexibility index (Phi) is 3.82. The fraction of sp³-hybridized carbons (Fsp3) is 0.923. The van der Waals surface area contributed by atoms with Crippen LogP contribution in [0, 0.1) is 0 Å². The lowest BCUT2D eigenvalue weighted by atomic mass is 10.1. The number of nitrogens with zero attached hydrogens (tertiary/aromatic N) is 2. The molecule has 0 bridgehead atoms. The van der Waals surface area contributed by atoms with E-state index in [1.807, 2.05) is 25.7 Å². The Bertz CT molecular complexity index is 310. The number of ether oxygens (including phenoxy) is 2. The SMILES string of the molecule is CC1CN(C(=O)OC(C)(C)C)CCN1C1COC1. The molecule has 2 fully saturated rings. The summed E-state index contributed by atoms with van der Waals surface area (Å²) in [5.41, 5.74) is -0.417. The number of amides is 1. The predicted octanol–water partition coefficient (Wildman–Crippen LogP) is 1.33. The van der Waals surface area contributed by atoms with Crippen LogP contribution >= 0.6 is 0 Å². The standard InChI is InChI=1S/C13H24N2O3/c1-10-7-14(12(16)18-13(2,3)4)5-6-15(10)11-8-17-9-11/h10-11H,5-9H2,1-4H3. The van der Waals surface area contributed by atoms with E-state index < -0.39 is 5.60 Å². The Morgan fingerprint density at radius 3 is 2.39 bits per heavy atom. The van der Waals surface area contributed by atoms with Crippen LogP contribution in [-0.2, 0) is 9.47 Å². The monoisotopic (exact) mass is 256 g/mol. The van der Waals surface area contributed by atoms with Crippen LogP contribution in [0.5, 0.6) is 0 Å². The van der Waals surface area contributed by atoms with Crippen molar-refractivity contribution in [2.45, 2.75) is 45.4 Å². The normalized spacial score (nSPS) is 26.9. The van der Waals surface area contributed by atoms with Gasteiger partial charge in [-0.2, -0.15) is 0 Å². The molecule has 1 atom stereocenters. The molecule has 2 saturated heterocycles. The molecule has 5 heteroatoms. The first-order valence-corrected chi connectivity index (χ1v) is 6.68. The van der Waals surface area contributed by atoms with Crippen molar-refractivity contribution in [3.8, 4) is 0 Å². The number of piperazine rings is 1. The molecule has 0 saturated carbocycles. The highest BCUT2D eigenvalue weighted by molar-refractivity contribution is 5.68. The number of hydrogen-bond donors (Lipinski definition) is 0. The van der Waals surface area contributed by atoms with Crippen LogP contribution in [0.1, 0.15) is 27.7 Å². The molecule has 104 valence electrons. The van der Waals surface area contributed by atoms with Crippen molar-refractivity contribution in [2.24, 2.45) is 0 Å². The highest BCUT2D eigenvalue weighted by Gasteiger charge is 2.35. The first kappa shape index (κ1) is 13.6. The van der Waals surface area contributed by atoms with Gasteiger partial charge in [-0.1, -0.05) is 0 Å². The van der Waals surface area contributed by atoms with Gasteiger partial charge in [-0.25, -0.2) is 4.79 Å². The van der Waals surface area contributed by atoms with Crippen molar-refractivity contribution in [1.29, 1.82) is 0 Å². The highest BCUT2D eigenvalue weighted by Crippen LogP contribution is 2.19. The summed E-state index contributed by atoms with van der Waals surface area (Å²) in [5, 5.41) is 0.